The monoisotopic (exact) mass is 316 g/mol. The number of halogens is 2. The van der Waals surface area contributed by atoms with Gasteiger partial charge >= 0.3 is 12.0 Å². The van der Waals surface area contributed by atoms with Crippen LogP contribution in [0.2, 0.25) is 10.0 Å². The Kier molecular flexibility index (Phi) is 4.73. The summed E-state index contributed by atoms with van der Waals surface area (Å²) in [6, 6.07) is 4.24. The highest BCUT2D eigenvalue weighted by Gasteiger charge is 2.30. The number of likely N-dealkylation sites (tertiary alicyclic amines) is 1. The van der Waals surface area contributed by atoms with Gasteiger partial charge < -0.3 is 15.3 Å². The summed E-state index contributed by atoms with van der Waals surface area (Å²) in [5, 5.41) is 12.3. The van der Waals surface area contributed by atoms with E-state index in [9.17, 15) is 9.59 Å². The summed E-state index contributed by atoms with van der Waals surface area (Å²) in [5.41, 5.74) is 0.533. The number of carbonyl (C=O) groups is 2. The zero-order valence-corrected chi connectivity index (χ0v) is 12.1. The number of nitrogens with one attached hydrogen (secondary N) is 1. The molecule has 20 heavy (non-hydrogen) atoms. The standard InChI is InChI=1S/C13H14Cl2N2O3/c14-10-4-3-8(6-11(10)15)16-13(20)17-5-1-2-9(17)7-12(18)19/h3-4,6,9H,1-2,5,7H2,(H,16,20)(H,18,19). The molecule has 0 saturated carbocycles. The van der Waals surface area contributed by atoms with E-state index in [0.717, 1.165) is 6.42 Å². The number of rotatable bonds is 3. The molecule has 5 nitrogen and oxygen atoms in total. The van der Waals surface area contributed by atoms with Crippen LogP contribution in [-0.4, -0.2) is 34.6 Å². The van der Waals surface area contributed by atoms with Gasteiger partial charge in [-0.2, -0.15) is 0 Å². The minimum absolute atomic E-state index is 0.0329. The number of urea groups is 1. The lowest BCUT2D eigenvalue weighted by Crippen LogP contribution is -2.39. The largest absolute Gasteiger partial charge is 0.481 e. The minimum Gasteiger partial charge on any atom is -0.481 e. The van der Waals surface area contributed by atoms with Crippen LogP contribution in [0.25, 0.3) is 0 Å². The third kappa shape index (κ3) is 3.55. The average molecular weight is 317 g/mol. The van der Waals surface area contributed by atoms with Crippen molar-refractivity contribution in [2.45, 2.75) is 25.3 Å². The van der Waals surface area contributed by atoms with Crippen LogP contribution >= 0.6 is 23.2 Å². The fourth-order valence-corrected chi connectivity index (χ4v) is 2.58. The first-order chi connectivity index (χ1) is 9.47. The van der Waals surface area contributed by atoms with Gasteiger partial charge in [-0.05, 0) is 31.0 Å². The molecule has 1 aromatic rings. The van der Waals surface area contributed by atoms with E-state index in [0.29, 0.717) is 28.7 Å². The molecular formula is C13H14Cl2N2O3. The van der Waals surface area contributed by atoms with Crippen LogP contribution in [-0.2, 0) is 4.79 Å². The number of nitrogens with zero attached hydrogens (tertiary/aromatic N) is 1. The second-order valence-electron chi connectivity index (χ2n) is 4.65. The van der Waals surface area contributed by atoms with Crippen molar-refractivity contribution in [3.8, 4) is 0 Å². The molecular weight excluding hydrogens is 303 g/mol. The van der Waals surface area contributed by atoms with Gasteiger partial charge in [0.15, 0.2) is 0 Å². The molecule has 108 valence electrons. The maximum Gasteiger partial charge on any atom is 0.322 e. The van der Waals surface area contributed by atoms with E-state index in [1.54, 1.807) is 23.1 Å². The second kappa shape index (κ2) is 6.33. The average Bonchev–Trinajstić information content (AvgIpc) is 2.81. The van der Waals surface area contributed by atoms with Gasteiger partial charge in [0.1, 0.15) is 0 Å². The van der Waals surface area contributed by atoms with Crippen LogP contribution in [0, 0.1) is 0 Å². The number of carbonyl (C=O) groups excluding carboxylic acids is 1. The van der Waals surface area contributed by atoms with Crippen molar-refractivity contribution in [1.29, 1.82) is 0 Å². The number of anilines is 1. The smallest absolute Gasteiger partial charge is 0.322 e. The highest BCUT2D eigenvalue weighted by molar-refractivity contribution is 6.42. The molecule has 1 aromatic carbocycles. The van der Waals surface area contributed by atoms with Crippen molar-refractivity contribution in [2.24, 2.45) is 0 Å². The molecule has 0 bridgehead atoms. The van der Waals surface area contributed by atoms with Crippen LogP contribution in [0.1, 0.15) is 19.3 Å². The molecule has 0 aromatic heterocycles. The van der Waals surface area contributed by atoms with Crippen LogP contribution in [0.5, 0.6) is 0 Å². The van der Waals surface area contributed by atoms with Crippen molar-refractivity contribution >= 4 is 40.9 Å². The van der Waals surface area contributed by atoms with Gasteiger partial charge in [0.2, 0.25) is 0 Å². The normalized spacial score (nSPS) is 18.1. The summed E-state index contributed by atoms with van der Waals surface area (Å²) in [6.07, 6.45) is 1.49. The Labute approximate surface area is 126 Å². The molecule has 0 spiro atoms. The maximum absolute atomic E-state index is 12.1. The zero-order valence-electron chi connectivity index (χ0n) is 10.6. The molecule has 2 rings (SSSR count). The predicted octanol–water partition coefficient (Wildman–Crippen LogP) is 3.46. The Bertz CT molecular complexity index is 536. The summed E-state index contributed by atoms with van der Waals surface area (Å²) < 4.78 is 0. The first-order valence-corrected chi connectivity index (χ1v) is 6.97. The Hall–Kier alpha value is -1.46. The Morgan fingerprint density at radius 2 is 2.10 bits per heavy atom. The minimum atomic E-state index is -0.899. The van der Waals surface area contributed by atoms with E-state index in [2.05, 4.69) is 5.32 Å². The van der Waals surface area contributed by atoms with E-state index < -0.39 is 5.97 Å². The Morgan fingerprint density at radius 1 is 1.35 bits per heavy atom. The second-order valence-corrected chi connectivity index (χ2v) is 5.46. The SMILES string of the molecule is O=C(O)CC1CCCN1C(=O)Nc1ccc(Cl)c(Cl)c1. The van der Waals surface area contributed by atoms with Gasteiger partial charge in [0.25, 0.3) is 0 Å². The van der Waals surface area contributed by atoms with E-state index in [1.165, 1.54) is 0 Å². The third-order valence-corrected chi connectivity index (χ3v) is 3.96. The summed E-state index contributed by atoms with van der Waals surface area (Å²) in [5.74, 6) is -0.899. The van der Waals surface area contributed by atoms with Crippen molar-refractivity contribution in [3.05, 3.63) is 28.2 Å². The van der Waals surface area contributed by atoms with E-state index in [-0.39, 0.29) is 18.5 Å². The highest BCUT2D eigenvalue weighted by atomic mass is 35.5. The maximum atomic E-state index is 12.1. The number of carboxylic acids is 1. The zero-order chi connectivity index (χ0) is 14.7. The lowest BCUT2D eigenvalue weighted by Gasteiger charge is -2.23. The molecule has 1 aliphatic rings. The van der Waals surface area contributed by atoms with Crippen LogP contribution in [0.4, 0.5) is 10.5 Å². The lowest BCUT2D eigenvalue weighted by molar-refractivity contribution is -0.137. The molecule has 1 heterocycles. The van der Waals surface area contributed by atoms with E-state index in [4.69, 9.17) is 28.3 Å². The molecule has 1 saturated heterocycles. The summed E-state index contributed by atoms with van der Waals surface area (Å²) in [6.45, 7) is 0.561. The lowest BCUT2D eigenvalue weighted by atomic mass is 10.1. The molecule has 2 amide bonds. The first kappa shape index (κ1) is 14.9. The van der Waals surface area contributed by atoms with E-state index in [1.807, 2.05) is 0 Å². The van der Waals surface area contributed by atoms with Crippen molar-refractivity contribution in [1.82, 2.24) is 4.90 Å². The van der Waals surface area contributed by atoms with Gasteiger partial charge in [-0.3, -0.25) is 4.79 Å². The van der Waals surface area contributed by atoms with Crippen LogP contribution in [0.15, 0.2) is 18.2 Å². The van der Waals surface area contributed by atoms with Crippen molar-refractivity contribution < 1.29 is 14.7 Å². The molecule has 0 radical (unpaired) electrons. The van der Waals surface area contributed by atoms with Crippen molar-refractivity contribution in [3.63, 3.8) is 0 Å². The van der Waals surface area contributed by atoms with Gasteiger partial charge in [-0.25, -0.2) is 4.79 Å². The topological polar surface area (TPSA) is 69.6 Å². The number of carboxylic acid groups (broad SMARTS) is 1. The van der Waals surface area contributed by atoms with Gasteiger partial charge in [0.05, 0.1) is 16.5 Å². The fraction of sp³-hybridized carbons (Fsp3) is 0.385. The quantitative estimate of drug-likeness (QED) is 0.897. The number of benzene rings is 1. The molecule has 1 unspecified atom stereocenters. The molecule has 1 atom stereocenters. The first-order valence-electron chi connectivity index (χ1n) is 6.22. The molecule has 1 aliphatic heterocycles. The van der Waals surface area contributed by atoms with Crippen molar-refractivity contribution in [2.75, 3.05) is 11.9 Å². The van der Waals surface area contributed by atoms with Gasteiger partial charge in [-0.1, -0.05) is 23.2 Å². The molecule has 1 fully saturated rings. The molecule has 0 aliphatic carbocycles. The predicted molar refractivity (Wildman–Crippen MR) is 77.5 cm³/mol. The van der Waals surface area contributed by atoms with Gasteiger partial charge in [0, 0.05) is 18.3 Å². The molecule has 7 heteroatoms. The number of aliphatic carboxylic acids is 1. The number of hydrogen-bond donors (Lipinski definition) is 2. The Balaban J connectivity index is 2.03. The van der Waals surface area contributed by atoms with Crippen LogP contribution < -0.4 is 5.32 Å². The summed E-state index contributed by atoms with van der Waals surface area (Å²) >= 11 is 11.7. The van der Waals surface area contributed by atoms with E-state index >= 15 is 0 Å². The molecule has 2 N–H and O–H groups in total. The van der Waals surface area contributed by atoms with Gasteiger partial charge in [-0.15, -0.1) is 0 Å². The van der Waals surface area contributed by atoms with Crippen LogP contribution in [0.3, 0.4) is 0 Å². The number of amides is 2. The summed E-state index contributed by atoms with van der Waals surface area (Å²) in [7, 11) is 0. The number of hydrogen-bond acceptors (Lipinski definition) is 2. The third-order valence-electron chi connectivity index (χ3n) is 3.22. The summed E-state index contributed by atoms with van der Waals surface area (Å²) in [4.78, 5) is 24.5. The fourth-order valence-electron chi connectivity index (χ4n) is 2.29. The highest BCUT2D eigenvalue weighted by Crippen LogP contribution is 2.26. The Morgan fingerprint density at radius 3 is 2.75 bits per heavy atom.